The van der Waals surface area contributed by atoms with E-state index in [0.29, 0.717) is 12.2 Å². The lowest BCUT2D eigenvalue weighted by Gasteiger charge is -2.25. The highest BCUT2D eigenvalue weighted by Gasteiger charge is 2.33. The predicted molar refractivity (Wildman–Crippen MR) is 170 cm³/mol. The molecule has 45 heavy (non-hydrogen) atoms. The van der Waals surface area contributed by atoms with Crippen molar-refractivity contribution in [3.8, 4) is 0 Å². The number of aliphatic hydroxyl groups excluding tert-OH is 1. The van der Waals surface area contributed by atoms with Gasteiger partial charge in [-0.05, 0) is 35.7 Å². The van der Waals surface area contributed by atoms with Gasteiger partial charge in [0.05, 0.1) is 18.0 Å². The molecule has 0 radical (unpaired) electrons. The van der Waals surface area contributed by atoms with Crippen LogP contribution in [0.25, 0.3) is 0 Å². The van der Waals surface area contributed by atoms with E-state index in [0.717, 1.165) is 21.7 Å². The second-order valence-corrected chi connectivity index (χ2v) is 12.9. The number of sulfonamides is 1. The summed E-state index contributed by atoms with van der Waals surface area (Å²) in [5.41, 5.74) is 2.33. The molecule has 3 amide bonds. The molecule has 4 N–H and O–H groups in total. The second-order valence-electron chi connectivity index (χ2n) is 10.9. The van der Waals surface area contributed by atoms with Gasteiger partial charge >= 0.3 is 0 Å². The SMILES string of the molecule is CN(c1cc(C(=O)NC(Cc2ccccc2)C(O)C(=O)Nc2ncc[nH]2)cc(N2CC(c3ccccc3)CC2=O)c1)S(C)(=O)=O. The van der Waals surface area contributed by atoms with Gasteiger partial charge in [-0.2, -0.15) is 0 Å². The van der Waals surface area contributed by atoms with Crippen LogP contribution in [0.15, 0.2) is 91.3 Å². The number of nitrogens with one attached hydrogen (secondary N) is 3. The Bertz CT molecular complexity index is 1770. The van der Waals surface area contributed by atoms with Crippen LogP contribution in [-0.2, 0) is 26.0 Å². The molecule has 3 aromatic carbocycles. The van der Waals surface area contributed by atoms with Gasteiger partial charge in [-0.15, -0.1) is 0 Å². The fraction of sp³-hybridized carbons (Fsp3) is 0.250. The molecule has 0 spiro atoms. The topological polar surface area (TPSA) is 165 Å². The molecule has 1 fully saturated rings. The van der Waals surface area contributed by atoms with Gasteiger partial charge in [0.15, 0.2) is 6.10 Å². The van der Waals surface area contributed by atoms with E-state index in [9.17, 15) is 27.9 Å². The van der Waals surface area contributed by atoms with Crippen molar-refractivity contribution in [3.05, 3.63) is 108 Å². The standard InChI is InChI=1S/C32H34N6O6S/c1-37(45(2,43)44)25-16-23(17-26(19-25)38-20-24(18-28(38)39)22-11-7-4-8-12-22)30(41)35-27(15-21-9-5-3-6-10-21)29(40)31(42)36-32-33-13-14-34-32/h3-14,16-17,19,24,27,29,40H,15,18,20H2,1-2H3,(H,35,41)(H2,33,34,36,42). The minimum atomic E-state index is -3.72. The molecule has 4 aromatic rings. The number of rotatable bonds is 11. The summed E-state index contributed by atoms with van der Waals surface area (Å²) in [7, 11) is -2.37. The normalized spacial score (nSPS) is 16.2. The average molecular weight is 631 g/mol. The summed E-state index contributed by atoms with van der Waals surface area (Å²) in [6.07, 6.45) is 2.68. The molecule has 3 unspecified atom stereocenters. The number of aliphatic hydroxyl groups is 1. The fourth-order valence-electron chi connectivity index (χ4n) is 5.23. The lowest BCUT2D eigenvalue weighted by atomic mass is 9.98. The number of amides is 3. The summed E-state index contributed by atoms with van der Waals surface area (Å²) >= 11 is 0. The van der Waals surface area contributed by atoms with Gasteiger partial charge in [0.2, 0.25) is 21.9 Å². The average Bonchev–Trinajstić information content (AvgIpc) is 3.69. The molecule has 12 nitrogen and oxygen atoms in total. The van der Waals surface area contributed by atoms with Gasteiger partial charge in [0, 0.05) is 49.6 Å². The third kappa shape index (κ3) is 7.56. The Kier molecular flexibility index (Phi) is 9.30. The van der Waals surface area contributed by atoms with E-state index >= 15 is 0 Å². The van der Waals surface area contributed by atoms with E-state index in [-0.39, 0.29) is 41.9 Å². The van der Waals surface area contributed by atoms with Crippen molar-refractivity contribution in [2.24, 2.45) is 0 Å². The number of benzene rings is 3. The highest BCUT2D eigenvalue weighted by molar-refractivity contribution is 7.92. The molecule has 1 saturated heterocycles. The van der Waals surface area contributed by atoms with Crippen molar-refractivity contribution < 1.29 is 27.9 Å². The van der Waals surface area contributed by atoms with Gasteiger partial charge in [0.25, 0.3) is 11.8 Å². The van der Waals surface area contributed by atoms with E-state index < -0.39 is 34.0 Å². The maximum atomic E-state index is 13.8. The number of nitrogens with zero attached hydrogens (tertiary/aromatic N) is 3. The molecule has 2 heterocycles. The number of aromatic nitrogens is 2. The third-order valence-corrected chi connectivity index (χ3v) is 8.94. The minimum absolute atomic E-state index is 0.0469. The van der Waals surface area contributed by atoms with Crippen LogP contribution in [0, 0.1) is 0 Å². The van der Waals surface area contributed by atoms with Gasteiger partial charge in [-0.25, -0.2) is 13.4 Å². The molecular formula is C32H34N6O6S. The minimum Gasteiger partial charge on any atom is -0.381 e. The predicted octanol–water partition coefficient (Wildman–Crippen LogP) is 2.67. The molecule has 0 bridgehead atoms. The number of aromatic amines is 1. The lowest BCUT2D eigenvalue weighted by Crippen LogP contribution is -2.50. The summed E-state index contributed by atoms with van der Waals surface area (Å²) in [4.78, 5) is 48.2. The number of imidazole rings is 1. The first-order chi connectivity index (χ1) is 21.5. The summed E-state index contributed by atoms with van der Waals surface area (Å²) in [6.45, 7) is 0.345. The quantitative estimate of drug-likeness (QED) is 0.198. The van der Waals surface area contributed by atoms with Crippen LogP contribution in [-0.4, -0.2) is 73.2 Å². The van der Waals surface area contributed by atoms with Crippen LogP contribution in [0.1, 0.15) is 33.8 Å². The molecule has 234 valence electrons. The largest absolute Gasteiger partial charge is 0.381 e. The van der Waals surface area contributed by atoms with Gasteiger partial charge in [-0.3, -0.25) is 24.0 Å². The molecule has 0 aliphatic carbocycles. The van der Waals surface area contributed by atoms with Crippen molar-refractivity contribution >= 4 is 45.1 Å². The first kappa shape index (κ1) is 31.4. The highest BCUT2D eigenvalue weighted by atomic mass is 32.2. The first-order valence-corrected chi connectivity index (χ1v) is 16.1. The number of hydrogen-bond acceptors (Lipinski definition) is 7. The molecule has 13 heteroatoms. The monoisotopic (exact) mass is 630 g/mol. The zero-order chi connectivity index (χ0) is 32.1. The number of H-pyrrole nitrogens is 1. The van der Waals surface area contributed by atoms with Crippen molar-refractivity contribution in [1.29, 1.82) is 0 Å². The van der Waals surface area contributed by atoms with E-state index in [4.69, 9.17) is 0 Å². The van der Waals surface area contributed by atoms with Crippen LogP contribution in [0.2, 0.25) is 0 Å². The lowest BCUT2D eigenvalue weighted by molar-refractivity contribution is -0.125. The van der Waals surface area contributed by atoms with E-state index in [1.54, 1.807) is 35.2 Å². The maximum absolute atomic E-state index is 13.8. The van der Waals surface area contributed by atoms with Gasteiger partial charge in [0.1, 0.15) is 0 Å². The zero-order valence-electron chi connectivity index (χ0n) is 24.8. The molecule has 3 atom stereocenters. The first-order valence-electron chi connectivity index (χ1n) is 14.3. The van der Waals surface area contributed by atoms with Crippen molar-refractivity contribution in [2.75, 3.05) is 34.4 Å². The number of carbonyl (C=O) groups excluding carboxylic acids is 3. The Morgan fingerprint density at radius 3 is 2.42 bits per heavy atom. The van der Waals surface area contributed by atoms with Crippen LogP contribution in [0.4, 0.5) is 17.3 Å². The Morgan fingerprint density at radius 2 is 1.78 bits per heavy atom. The Morgan fingerprint density at radius 1 is 1.09 bits per heavy atom. The Labute approximate surface area is 261 Å². The molecular weight excluding hydrogens is 596 g/mol. The van der Waals surface area contributed by atoms with Crippen molar-refractivity contribution in [1.82, 2.24) is 15.3 Å². The van der Waals surface area contributed by atoms with E-state index in [2.05, 4.69) is 20.6 Å². The molecule has 1 aliphatic rings. The Hall–Kier alpha value is -5.01. The summed E-state index contributed by atoms with van der Waals surface area (Å²) in [6, 6.07) is 22.0. The fourth-order valence-corrected chi connectivity index (χ4v) is 5.72. The third-order valence-electron chi connectivity index (χ3n) is 7.74. The van der Waals surface area contributed by atoms with Crippen molar-refractivity contribution in [2.45, 2.75) is 30.9 Å². The summed E-state index contributed by atoms with van der Waals surface area (Å²) < 4.78 is 26.0. The van der Waals surface area contributed by atoms with E-state index in [1.807, 2.05) is 36.4 Å². The number of carbonyl (C=O) groups is 3. The number of hydrogen-bond donors (Lipinski definition) is 4. The van der Waals surface area contributed by atoms with Crippen LogP contribution in [0.5, 0.6) is 0 Å². The summed E-state index contributed by atoms with van der Waals surface area (Å²) in [5, 5.41) is 16.3. The zero-order valence-corrected chi connectivity index (χ0v) is 25.6. The Balaban J connectivity index is 1.46. The molecule has 1 aromatic heterocycles. The molecule has 0 saturated carbocycles. The number of anilines is 3. The van der Waals surface area contributed by atoms with Crippen LogP contribution >= 0.6 is 0 Å². The smallest absolute Gasteiger partial charge is 0.257 e. The second kappa shape index (κ2) is 13.3. The van der Waals surface area contributed by atoms with Gasteiger partial charge in [-0.1, -0.05) is 60.7 Å². The molecule has 1 aliphatic heterocycles. The molecule has 5 rings (SSSR count). The highest BCUT2D eigenvalue weighted by Crippen LogP contribution is 2.34. The van der Waals surface area contributed by atoms with E-state index in [1.165, 1.54) is 31.6 Å². The summed E-state index contributed by atoms with van der Waals surface area (Å²) in [5.74, 6) is -1.56. The van der Waals surface area contributed by atoms with Crippen molar-refractivity contribution in [3.63, 3.8) is 0 Å². The van der Waals surface area contributed by atoms with Crippen LogP contribution in [0.3, 0.4) is 0 Å². The van der Waals surface area contributed by atoms with Crippen LogP contribution < -0.4 is 19.8 Å². The maximum Gasteiger partial charge on any atom is 0.257 e. The van der Waals surface area contributed by atoms with Gasteiger partial charge < -0.3 is 20.3 Å².